The number of hydrogen-bond acceptors (Lipinski definition) is 5. The molecule has 3 aliphatic heterocycles. The summed E-state index contributed by atoms with van der Waals surface area (Å²) in [5.41, 5.74) is 0.598. The summed E-state index contributed by atoms with van der Waals surface area (Å²) in [5, 5.41) is 16.4. The summed E-state index contributed by atoms with van der Waals surface area (Å²) in [7, 11) is 0. The van der Waals surface area contributed by atoms with E-state index in [0.717, 1.165) is 18.7 Å². The third-order valence-electron chi connectivity index (χ3n) is 7.52. The van der Waals surface area contributed by atoms with Gasteiger partial charge in [0, 0.05) is 50.9 Å². The van der Waals surface area contributed by atoms with Crippen LogP contribution in [0.2, 0.25) is 0 Å². The topological polar surface area (TPSA) is 101 Å². The predicted molar refractivity (Wildman–Crippen MR) is 140 cm³/mol. The summed E-state index contributed by atoms with van der Waals surface area (Å²) in [6.07, 6.45) is 3.39. The van der Waals surface area contributed by atoms with E-state index in [1.54, 1.807) is 0 Å². The minimum atomic E-state index is -0.639. The molecule has 2 aromatic rings. The molecule has 0 saturated carbocycles. The number of piperidine rings is 1. The quantitative estimate of drug-likeness (QED) is 0.240. The van der Waals surface area contributed by atoms with Gasteiger partial charge in [-0.1, -0.05) is 18.2 Å². The Bertz CT molecular complexity index is 1170. The molecule has 5 rings (SSSR count). The zero-order valence-electron chi connectivity index (χ0n) is 20.8. The number of carbonyl (C=O) groups excluding carboxylic acids is 2. The summed E-state index contributed by atoms with van der Waals surface area (Å²) >= 11 is 0. The average Bonchev–Trinajstić information content (AvgIpc) is 3.46. The fraction of sp³-hybridized carbons (Fsp3) is 0.444. The summed E-state index contributed by atoms with van der Waals surface area (Å²) in [6, 6.07) is 13.7. The number of rotatable bonds is 6. The molecule has 37 heavy (non-hydrogen) atoms. The number of nitrogens with zero attached hydrogens (tertiary/aromatic N) is 4. The highest BCUT2D eigenvalue weighted by Crippen LogP contribution is 2.36. The summed E-state index contributed by atoms with van der Waals surface area (Å²) < 4.78 is 13.9. The van der Waals surface area contributed by atoms with Gasteiger partial charge in [-0.15, -0.1) is 0 Å². The van der Waals surface area contributed by atoms with Gasteiger partial charge in [-0.3, -0.25) is 14.6 Å². The van der Waals surface area contributed by atoms with Crippen LogP contribution in [0.25, 0.3) is 0 Å². The number of anilines is 2. The van der Waals surface area contributed by atoms with Crippen LogP contribution in [0.3, 0.4) is 0 Å². The second-order valence-electron chi connectivity index (χ2n) is 9.78. The number of halogens is 1. The summed E-state index contributed by atoms with van der Waals surface area (Å²) in [4.78, 5) is 35.7. The number of para-hydroxylation sites is 1. The highest BCUT2D eigenvalue weighted by atomic mass is 19.1. The molecule has 3 aliphatic rings. The van der Waals surface area contributed by atoms with Crippen molar-refractivity contribution in [2.45, 2.75) is 37.6 Å². The van der Waals surface area contributed by atoms with E-state index in [-0.39, 0.29) is 23.3 Å². The van der Waals surface area contributed by atoms with E-state index >= 15 is 0 Å². The van der Waals surface area contributed by atoms with Gasteiger partial charge in [-0.2, -0.15) is 0 Å². The van der Waals surface area contributed by atoms with E-state index in [1.807, 2.05) is 40.1 Å². The Balaban J connectivity index is 1.31. The Hall–Kier alpha value is -3.82. The number of likely N-dealkylation sites (tertiary alicyclic amines) is 2. The molecule has 0 radical (unpaired) electrons. The number of carbonyl (C=O) groups is 2. The van der Waals surface area contributed by atoms with Crippen LogP contribution >= 0.6 is 0 Å². The zero-order chi connectivity index (χ0) is 25.8. The number of guanidine groups is 1. The summed E-state index contributed by atoms with van der Waals surface area (Å²) in [5.74, 6) is 0.196. The van der Waals surface area contributed by atoms with Gasteiger partial charge in [-0.05, 0) is 49.9 Å². The van der Waals surface area contributed by atoms with Gasteiger partial charge in [0.05, 0.1) is 12.4 Å². The maximum absolute atomic E-state index is 13.9. The first-order valence-corrected chi connectivity index (χ1v) is 12.9. The Labute approximate surface area is 216 Å². The van der Waals surface area contributed by atoms with E-state index < -0.39 is 11.4 Å². The van der Waals surface area contributed by atoms with E-state index in [1.165, 1.54) is 18.2 Å². The van der Waals surface area contributed by atoms with Crippen LogP contribution in [0, 0.1) is 5.82 Å². The molecule has 0 aromatic heterocycles. The number of nitrogens with one attached hydrogen (secondary N) is 2. The fourth-order valence-electron chi connectivity index (χ4n) is 5.46. The monoisotopic (exact) mass is 508 g/mol. The van der Waals surface area contributed by atoms with Gasteiger partial charge in [0.25, 0.3) is 0 Å². The number of phenolic OH excluding ortho intramolecular Hbond substituents is 1. The van der Waals surface area contributed by atoms with Gasteiger partial charge in [0.15, 0.2) is 5.96 Å². The maximum atomic E-state index is 13.9. The molecule has 0 unspecified atom stereocenters. The number of amides is 2. The lowest BCUT2D eigenvalue weighted by atomic mass is 9.85. The first-order chi connectivity index (χ1) is 18.0. The van der Waals surface area contributed by atoms with Gasteiger partial charge in [0.1, 0.15) is 17.1 Å². The predicted octanol–water partition coefficient (Wildman–Crippen LogP) is 2.74. The van der Waals surface area contributed by atoms with E-state index in [2.05, 4.69) is 15.5 Å². The highest BCUT2D eigenvalue weighted by molar-refractivity contribution is 5.96. The largest absolute Gasteiger partial charge is 0.506 e. The standard InChI is InChI=1S/C27H33FN6O3/c28-20-9-10-23(35)22(18-20)31-26(29-13-5-15-32-14-4-8-24(32)36)33-16-11-27(12-17-33)25(37)30-19-34(27)21-6-2-1-3-7-21/h1-3,6-7,9-10,18,35H,4-5,8,11-17,19H2,(H,29,31)(H,30,37). The van der Waals surface area contributed by atoms with E-state index in [0.29, 0.717) is 64.5 Å². The minimum Gasteiger partial charge on any atom is -0.506 e. The van der Waals surface area contributed by atoms with Crippen molar-refractivity contribution in [1.82, 2.24) is 15.1 Å². The average molecular weight is 509 g/mol. The molecule has 0 aliphatic carbocycles. The molecule has 10 heteroatoms. The Morgan fingerprint density at radius 2 is 1.89 bits per heavy atom. The molecule has 3 heterocycles. The molecule has 3 fully saturated rings. The molecule has 1 spiro atoms. The van der Waals surface area contributed by atoms with Crippen LogP contribution < -0.4 is 15.5 Å². The highest BCUT2D eigenvalue weighted by Gasteiger charge is 2.50. The van der Waals surface area contributed by atoms with Crippen molar-refractivity contribution in [3.8, 4) is 5.75 Å². The van der Waals surface area contributed by atoms with Gasteiger partial charge < -0.3 is 30.4 Å². The molecular formula is C27H33FN6O3. The molecular weight excluding hydrogens is 475 g/mol. The lowest BCUT2D eigenvalue weighted by molar-refractivity contribution is -0.127. The number of hydrogen-bond donors (Lipinski definition) is 3. The Kier molecular flexibility index (Phi) is 7.16. The first kappa shape index (κ1) is 24.9. The Morgan fingerprint density at radius 3 is 2.62 bits per heavy atom. The molecule has 3 saturated heterocycles. The van der Waals surface area contributed by atoms with Crippen molar-refractivity contribution in [1.29, 1.82) is 0 Å². The molecule has 9 nitrogen and oxygen atoms in total. The third-order valence-corrected chi connectivity index (χ3v) is 7.52. The van der Waals surface area contributed by atoms with Crippen LogP contribution in [-0.2, 0) is 9.59 Å². The second-order valence-corrected chi connectivity index (χ2v) is 9.78. The van der Waals surface area contributed by atoms with Crippen LogP contribution in [0.1, 0.15) is 32.1 Å². The summed E-state index contributed by atoms with van der Waals surface area (Å²) in [6.45, 7) is 3.50. The number of benzene rings is 2. The van der Waals surface area contributed by atoms with Crippen LogP contribution in [0.4, 0.5) is 15.8 Å². The van der Waals surface area contributed by atoms with Crippen LogP contribution in [-0.4, -0.2) is 77.6 Å². The van der Waals surface area contributed by atoms with Crippen molar-refractivity contribution >= 4 is 29.1 Å². The van der Waals surface area contributed by atoms with Crippen molar-refractivity contribution in [2.75, 3.05) is 49.6 Å². The molecule has 0 atom stereocenters. The number of aromatic hydroxyl groups is 1. The SMILES string of the molecule is O=C1CCCN1CCCN=C(Nc1cc(F)ccc1O)N1CCC2(CC1)C(=O)NCN2c1ccccc1. The second kappa shape index (κ2) is 10.7. The van der Waals surface area contributed by atoms with Gasteiger partial charge in [-0.25, -0.2) is 4.39 Å². The molecule has 2 amide bonds. The van der Waals surface area contributed by atoms with Crippen molar-refractivity contribution in [2.24, 2.45) is 4.99 Å². The molecule has 2 aromatic carbocycles. The van der Waals surface area contributed by atoms with Crippen molar-refractivity contribution < 1.29 is 19.1 Å². The lowest BCUT2D eigenvalue weighted by Crippen LogP contribution is -2.58. The smallest absolute Gasteiger partial charge is 0.247 e. The number of phenols is 1. The normalized spacial score (nSPS) is 19.6. The molecule has 3 N–H and O–H groups in total. The van der Waals surface area contributed by atoms with Gasteiger partial charge >= 0.3 is 0 Å². The van der Waals surface area contributed by atoms with Gasteiger partial charge in [0.2, 0.25) is 11.8 Å². The molecule has 0 bridgehead atoms. The Morgan fingerprint density at radius 1 is 1.11 bits per heavy atom. The first-order valence-electron chi connectivity index (χ1n) is 12.9. The van der Waals surface area contributed by atoms with E-state index in [4.69, 9.17) is 4.99 Å². The van der Waals surface area contributed by atoms with Crippen LogP contribution in [0.5, 0.6) is 5.75 Å². The zero-order valence-corrected chi connectivity index (χ0v) is 20.8. The number of aliphatic imine (C=N–C) groups is 1. The fourth-order valence-corrected chi connectivity index (χ4v) is 5.46. The van der Waals surface area contributed by atoms with Crippen LogP contribution in [0.15, 0.2) is 53.5 Å². The van der Waals surface area contributed by atoms with Crippen molar-refractivity contribution in [3.63, 3.8) is 0 Å². The third kappa shape index (κ3) is 5.19. The molecule has 196 valence electrons. The lowest BCUT2D eigenvalue weighted by Gasteiger charge is -2.44. The minimum absolute atomic E-state index is 0.0282. The maximum Gasteiger partial charge on any atom is 0.247 e. The van der Waals surface area contributed by atoms with E-state index in [9.17, 15) is 19.1 Å². The van der Waals surface area contributed by atoms with Crippen molar-refractivity contribution in [3.05, 3.63) is 54.3 Å².